The van der Waals surface area contributed by atoms with E-state index in [4.69, 9.17) is 14.2 Å². The predicted octanol–water partition coefficient (Wildman–Crippen LogP) is 2.53. The Labute approximate surface area is 156 Å². The van der Waals surface area contributed by atoms with E-state index in [9.17, 15) is 9.59 Å². The first-order valence-corrected chi connectivity index (χ1v) is 8.90. The molecule has 0 radical (unpaired) electrons. The number of amidine groups is 1. The van der Waals surface area contributed by atoms with Crippen LogP contribution < -0.4 is 9.47 Å². The number of allylic oxidation sites excluding steroid dienone is 1. The van der Waals surface area contributed by atoms with Gasteiger partial charge in [0.2, 0.25) is 5.91 Å². The van der Waals surface area contributed by atoms with Crippen LogP contribution in [0.15, 0.2) is 34.5 Å². The topological polar surface area (TPSA) is 77.4 Å². The molecule has 0 bridgehead atoms. The van der Waals surface area contributed by atoms with Crippen LogP contribution in [0, 0.1) is 0 Å². The van der Waals surface area contributed by atoms with Crippen LogP contribution in [0.3, 0.4) is 0 Å². The highest BCUT2D eigenvalue weighted by molar-refractivity contribution is 8.15. The third kappa shape index (κ3) is 2.84. The lowest BCUT2D eigenvalue weighted by atomic mass is 9.94. The molecule has 26 heavy (non-hydrogen) atoms. The lowest BCUT2D eigenvalue weighted by Gasteiger charge is -2.33. The van der Waals surface area contributed by atoms with Crippen molar-refractivity contribution in [3.63, 3.8) is 0 Å². The Kier molecular flexibility index (Phi) is 4.95. The molecular weight excluding hydrogens is 356 g/mol. The predicted molar refractivity (Wildman–Crippen MR) is 98.3 cm³/mol. The normalized spacial score (nSPS) is 22.1. The van der Waals surface area contributed by atoms with E-state index in [1.807, 2.05) is 13.0 Å². The lowest BCUT2D eigenvalue weighted by molar-refractivity contribution is -0.137. The molecule has 0 N–H and O–H groups in total. The number of hydrogen-bond acceptors (Lipinski definition) is 7. The monoisotopic (exact) mass is 376 g/mol. The van der Waals surface area contributed by atoms with Gasteiger partial charge in [0.25, 0.3) is 0 Å². The van der Waals surface area contributed by atoms with Crippen LogP contribution in [-0.2, 0) is 14.3 Å². The maximum Gasteiger partial charge on any atom is 0.338 e. The first-order valence-electron chi connectivity index (χ1n) is 8.02. The van der Waals surface area contributed by atoms with Crippen LogP contribution in [-0.4, -0.2) is 48.5 Å². The minimum Gasteiger partial charge on any atom is -0.493 e. The van der Waals surface area contributed by atoms with Gasteiger partial charge in [-0.25, -0.2) is 9.79 Å². The van der Waals surface area contributed by atoms with Gasteiger partial charge in [0.1, 0.15) is 0 Å². The number of benzene rings is 1. The third-order valence-corrected chi connectivity index (χ3v) is 5.44. The van der Waals surface area contributed by atoms with E-state index < -0.39 is 12.0 Å². The summed E-state index contributed by atoms with van der Waals surface area (Å²) in [7, 11) is 4.41. The van der Waals surface area contributed by atoms with Crippen molar-refractivity contribution in [1.29, 1.82) is 0 Å². The van der Waals surface area contributed by atoms with Gasteiger partial charge in [-0.2, -0.15) is 0 Å². The third-order valence-electron chi connectivity index (χ3n) is 4.39. The molecule has 2 atom stereocenters. The van der Waals surface area contributed by atoms with Crippen LogP contribution in [0.1, 0.15) is 25.5 Å². The van der Waals surface area contributed by atoms with Gasteiger partial charge in [0, 0.05) is 0 Å². The fourth-order valence-corrected chi connectivity index (χ4v) is 4.14. The molecule has 2 heterocycles. The Morgan fingerprint density at radius 2 is 1.88 bits per heavy atom. The average molecular weight is 376 g/mol. The van der Waals surface area contributed by atoms with E-state index in [1.54, 1.807) is 31.1 Å². The van der Waals surface area contributed by atoms with E-state index in [-0.39, 0.29) is 11.2 Å². The van der Waals surface area contributed by atoms with E-state index >= 15 is 0 Å². The van der Waals surface area contributed by atoms with Gasteiger partial charge in [-0.05, 0) is 31.5 Å². The summed E-state index contributed by atoms with van der Waals surface area (Å²) in [6, 6.07) is 4.70. The molecule has 0 aromatic heterocycles. The summed E-state index contributed by atoms with van der Waals surface area (Å²) in [5.74, 6) is 0.477. The summed E-state index contributed by atoms with van der Waals surface area (Å²) >= 11 is 1.38. The van der Waals surface area contributed by atoms with Gasteiger partial charge in [0.05, 0.1) is 43.9 Å². The zero-order valence-corrected chi connectivity index (χ0v) is 16.0. The standard InChI is InChI=1S/C18H20N2O5S/c1-9-14(17(22)25-5)15(20-16(21)10(2)26-18(20)19-9)11-6-7-12(23-3)13(8-11)24-4/h6-8,10,15H,1-5H3/t10-,15-/m1/s1. The maximum absolute atomic E-state index is 12.8. The number of fused-ring (bicyclic) bond motifs is 1. The van der Waals surface area contributed by atoms with Crippen molar-refractivity contribution in [3.8, 4) is 11.5 Å². The summed E-state index contributed by atoms with van der Waals surface area (Å²) < 4.78 is 15.6. The summed E-state index contributed by atoms with van der Waals surface area (Å²) in [5.41, 5.74) is 1.60. The number of carbonyl (C=O) groups is 2. The molecule has 1 aromatic carbocycles. The second-order valence-electron chi connectivity index (χ2n) is 5.87. The fourth-order valence-electron chi connectivity index (χ4n) is 3.11. The SMILES string of the molecule is COC(=O)C1=C(C)N=C2S[C@H](C)C(=O)N2[C@@H]1c1ccc(OC)c(OC)c1. The van der Waals surface area contributed by atoms with E-state index in [2.05, 4.69) is 4.99 Å². The summed E-state index contributed by atoms with van der Waals surface area (Å²) in [5, 5.41) is 0.327. The quantitative estimate of drug-likeness (QED) is 0.752. The number of amides is 1. The van der Waals surface area contributed by atoms with Crippen molar-refractivity contribution in [2.75, 3.05) is 21.3 Å². The van der Waals surface area contributed by atoms with Crippen molar-refractivity contribution in [2.45, 2.75) is 25.1 Å². The molecule has 138 valence electrons. The molecule has 8 heteroatoms. The minimum absolute atomic E-state index is 0.0950. The Balaban J connectivity index is 2.18. The van der Waals surface area contributed by atoms with Crippen molar-refractivity contribution in [2.24, 2.45) is 4.99 Å². The molecule has 0 unspecified atom stereocenters. The van der Waals surface area contributed by atoms with Gasteiger partial charge >= 0.3 is 5.97 Å². The largest absolute Gasteiger partial charge is 0.493 e. The molecule has 1 saturated heterocycles. The number of thioether (sulfide) groups is 1. The fraction of sp³-hybridized carbons (Fsp3) is 0.389. The van der Waals surface area contributed by atoms with Gasteiger partial charge in [0.15, 0.2) is 16.7 Å². The number of nitrogens with zero attached hydrogens (tertiary/aromatic N) is 2. The average Bonchev–Trinajstić information content (AvgIpc) is 2.92. The Morgan fingerprint density at radius 1 is 1.19 bits per heavy atom. The number of ether oxygens (including phenoxy) is 3. The molecule has 0 saturated carbocycles. The second-order valence-corrected chi connectivity index (χ2v) is 7.18. The zero-order valence-electron chi connectivity index (χ0n) is 15.2. The molecule has 3 rings (SSSR count). The number of carbonyl (C=O) groups excluding carboxylic acids is 2. The molecule has 0 aliphatic carbocycles. The minimum atomic E-state index is -0.625. The smallest absolute Gasteiger partial charge is 0.338 e. The Morgan fingerprint density at radius 3 is 2.50 bits per heavy atom. The molecule has 0 spiro atoms. The second kappa shape index (κ2) is 7.03. The van der Waals surface area contributed by atoms with E-state index in [0.29, 0.717) is 27.9 Å². The highest BCUT2D eigenvalue weighted by atomic mass is 32.2. The zero-order chi connectivity index (χ0) is 19.0. The number of hydrogen-bond donors (Lipinski definition) is 0. The molecular formula is C18H20N2O5S. The van der Waals surface area contributed by atoms with Crippen molar-refractivity contribution in [3.05, 3.63) is 35.0 Å². The Bertz CT molecular complexity index is 833. The van der Waals surface area contributed by atoms with Crippen LogP contribution in [0.2, 0.25) is 0 Å². The summed E-state index contributed by atoms with van der Waals surface area (Å²) in [4.78, 5) is 31.2. The maximum atomic E-state index is 12.8. The first-order chi connectivity index (χ1) is 12.4. The molecule has 1 aromatic rings. The van der Waals surface area contributed by atoms with Crippen LogP contribution in [0.4, 0.5) is 0 Å². The highest BCUT2D eigenvalue weighted by Gasteiger charge is 2.46. The summed E-state index contributed by atoms with van der Waals surface area (Å²) in [6.45, 7) is 3.57. The van der Waals surface area contributed by atoms with Crippen molar-refractivity contribution < 1.29 is 23.8 Å². The molecule has 1 amide bonds. The van der Waals surface area contributed by atoms with Crippen molar-refractivity contribution in [1.82, 2.24) is 4.90 Å². The molecule has 2 aliphatic heterocycles. The van der Waals surface area contributed by atoms with Gasteiger partial charge in [-0.15, -0.1) is 0 Å². The number of rotatable bonds is 4. The molecule has 2 aliphatic rings. The lowest BCUT2D eigenvalue weighted by Crippen LogP contribution is -2.40. The first kappa shape index (κ1) is 18.3. The molecule has 7 nitrogen and oxygen atoms in total. The highest BCUT2D eigenvalue weighted by Crippen LogP contribution is 2.44. The summed E-state index contributed by atoms with van der Waals surface area (Å²) in [6.07, 6.45) is 0. The van der Waals surface area contributed by atoms with Crippen LogP contribution in [0.5, 0.6) is 11.5 Å². The van der Waals surface area contributed by atoms with Gasteiger partial charge in [-0.1, -0.05) is 17.8 Å². The van der Waals surface area contributed by atoms with Crippen LogP contribution >= 0.6 is 11.8 Å². The molecule has 1 fully saturated rings. The van der Waals surface area contributed by atoms with Crippen LogP contribution in [0.25, 0.3) is 0 Å². The van der Waals surface area contributed by atoms with E-state index in [0.717, 1.165) is 5.56 Å². The number of aliphatic imine (C=N–C) groups is 1. The number of esters is 1. The van der Waals surface area contributed by atoms with E-state index in [1.165, 1.54) is 26.0 Å². The Hall–Kier alpha value is -2.48. The van der Waals surface area contributed by atoms with Crippen molar-refractivity contribution >= 4 is 28.8 Å². The van der Waals surface area contributed by atoms with Gasteiger partial charge < -0.3 is 14.2 Å². The van der Waals surface area contributed by atoms with Gasteiger partial charge in [-0.3, -0.25) is 9.69 Å². The number of methoxy groups -OCH3 is 3.